The van der Waals surface area contributed by atoms with Gasteiger partial charge in [-0.1, -0.05) is 0 Å². The Hall–Kier alpha value is -3.53. The van der Waals surface area contributed by atoms with Crippen molar-refractivity contribution in [3.05, 3.63) is 47.2 Å². The molecule has 2 aliphatic rings. The van der Waals surface area contributed by atoms with Crippen LogP contribution >= 0.6 is 0 Å². The summed E-state index contributed by atoms with van der Waals surface area (Å²) >= 11 is 0. The lowest BCUT2D eigenvalue weighted by molar-refractivity contribution is -0.119. The van der Waals surface area contributed by atoms with Crippen molar-refractivity contribution in [3.63, 3.8) is 0 Å². The quantitative estimate of drug-likeness (QED) is 0.590. The van der Waals surface area contributed by atoms with Gasteiger partial charge in [0.2, 0.25) is 11.9 Å². The summed E-state index contributed by atoms with van der Waals surface area (Å²) in [4.78, 5) is 32.1. The van der Waals surface area contributed by atoms with Crippen LogP contribution in [0, 0.1) is 12.9 Å². The first-order valence-electron chi connectivity index (χ1n) is 11.0. The number of benzene rings is 1. The summed E-state index contributed by atoms with van der Waals surface area (Å²) in [5.74, 6) is -1.10. The highest BCUT2D eigenvalue weighted by Crippen LogP contribution is 2.34. The lowest BCUT2D eigenvalue weighted by Crippen LogP contribution is -2.46. The van der Waals surface area contributed by atoms with Crippen molar-refractivity contribution >= 4 is 34.1 Å². The smallest absolute Gasteiger partial charge is 0.269 e. The number of aromatic nitrogens is 3. The normalized spacial score (nSPS) is 18.5. The number of hydrogen-bond donors (Lipinski definition) is 2. The van der Waals surface area contributed by atoms with Crippen molar-refractivity contribution in [3.8, 4) is 0 Å². The number of hydrogen-bond acceptors (Lipinski definition) is 6. The van der Waals surface area contributed by atoms with Gasteiger partial charge in [0.25, 0.3) is 5.91 Å². The maximum atomic E-state index is 14.5. The van der Waals surface area contributed by atoms with Crippen LogP contribution in [0.5, 0.6) is 0 Å². The van der Waals surface area contributed by atoms with Crippen LogP contribution in [0.25, 0.3) is 10.9 Å². The van der Waals surface area contributed by atoms with Gasteiger partial charge >= 0.3 is 0 Å². The van der Waals surface area contributed by atoms with Gasteiger partial charge in [0.15, 0.2) is 0 Å². The molecule has 2 N–H and O–H groups in total. The number of piperazine rings is 1. The van der Waals surface area contributed by atoms with Gasteiger partial charge in [-0.25, -0.2) is 4.98 Å². The van der Waals surface area contributed by atoms with E-state index in [1.807, 2.05) is 24.8 Å². The number of nitrogens with zero attached hydrogens (tertiary/aromatic N) is 5. The van der Waals surface area contributed by atoms with Gasteiger partial charge in [-0.3, -0.25) is 19.2 Å². The minimum absolute atomic E-state index is 0.0595. The van der Waals surface area contributed by atoms with E-state index in [0.717, 1.165) is 47.5 Å². The van der Waals surface area contributed by atoms with E-state index in [0.29, 0.717) is 18.8 Å². The zero-order valence-corrected chi connectivity index (χ0v) is 18.9. The van der Waals surface area contributed by atoms with Crippen LogP contribution in [0.3, 0.4) is 0 Å². The summed E-state index contributed by atoms with van der Waals surface area (Å²) < 4.78 is 16.3. The highest BCUT2D eigenvalue weighted by Gasteiger charge is 2.28. The molecular formula is C23H26FN7O2. The summed E-state index contributed by atoms with van der Waals surface area (Å²) in [7, 11) is 1.49. The first kappa shape index (κ1) is 21.3. The van der Waals surface area contributed by atoms with Crippen LogP contribution in [0.1, 0.15) is 34.7 Å². The van der Waals surface area contributed by atoms with E-state index in [-0.39, 0.29) is 17.6 Å². The lowest BCUT2D eigenvalue weighted by Gasteiger charge is -2.36. The maximum absolute atomic E-state index is 14.5. The highest BCUT2D eigenvalue weighted by molar-refractivity contribution is 6.06. The molecule has 1 aromatic carbocycles. The van der Waals surface area contributed by atoms with Crippen LogP contribution in [0.4, 0.5) is 15.8 Å². The fourth-order valence-electron chi connectivity index (χ4n) is 4.62. The van der Waals surface area contributed by atoms with E-state index < -0.39 is 11.9 Å². The second-order valence-electron chi connectivity index (χ2n) is 8.58. The number of halogens is 1. The molecule has 0 aliphatic carbocycles. The molecule has 0 saturated carbocycles. The molecule has 1 saturated heterocycles. The summed E-state index contributed by atoms with van der Waals surface area (Å²) in [6.45, 7) is 7.35. The molecule has 1 atom stereocenters. The highest BCUT2D eigenvalue weighted by atomic mass is 19.1. The number of anilines is 2. The minimum Gasteiger partial charge on any atom is -0.365 e. The Morgan fingerprint density at radius 1 is 1.24 bits per heavy atom. The number of rotatable bonds is 4. The molecule has 2 amide bonds. The van der Waals surface area contributed by atoms with E-state index in [9.17, 15) is 14.0 Å². The van der Waals surface area contributed by atoms with Crippen LogP contribution in [0.2, 0.25) is 0 Å². The molecule has 4 heterocycles. The van der Waals surface area contributed by atoms with Gasteiger partial charge in [0, 0.05) is 45.2 Å². The molecule has 33 heavy (non-hydrogen) atoms. The van der Waals surface area contributed by atoms with Crippen molar-refractivity contribution < 1.29 is 14.0 Å². The third kappa shape index (κ3) is 3.70. The van der Waals surface area contributed by atoms with E-state index in [2.05, 4.69) is 31.7 Å². The first-order chi connectivity index (χ1) is 15.9. The Morgan fingerprint density at radius 2 is 2.00 bits per heavy atom. The molecule has 2 aliphatic heterocycles. The largest absolute Gasteiger partial charge is 0.365 e. The number of carbonyl (C=O) groups is 2. The average molecular weight is 452 g/mol. The topological polar surface area (TPSA) is 95.4 Å². The van der Waals surface area contributed by atoms with Gasteiger partial charge in [-0.2, -0.15) is 9.49 Å². The van der Waals surface area contributed by atoms with Crippen LogP contribution in [-0.2, 0) is 11.3 Å². The zero-order valence-electron chi connectivity index (χ0n) is 18.9. The van der Waals surface area contributed by atoms with Gasteiger partial charge in [0.1, 0.15) is 11.7 Å². The molecule has 9 nitrogen and oxygen atoms in total. The molecule has 0 spiro atoms. The second-order valence-corrected chi connectivity index (χ2v) is 8.58. The fraction of sp³-hybridized carbons (Fsp3) is 0.391. The van der Waals surface area contributed by atoms with E-state index >= 15 is 0 Å². The van der Waals surface area contributed by atoms with E-state index in [1.54, 1.807) is 16.8 Å². The molecule has 1 unspecified atom stereocenters. The predicted octanol–water partition coefficient (Wildman–Crippen LogP) is 2.07. The van der Waals surface area contributed by atoms with Crippen LogP contribution in [0.15, 0.2) is 24.3 Å². The van der Waals surface area contributed by atoms with Crippen molar-refractivity contribution in [1.29, 1.82) is 0 Å². The Balaban J connectivity index is 1.30. The zero-order chi connectivity index (χ0) is 23.3. The van der Waals surface area contributed by atoms with Gasteiger partial charge in [-0.15, -0.1) is 0 Å². The van der Waals surface area contributed by atoms with Gasteiger partial charge < -0.3 is 15.5 Å². The van der Waals surface area contributed by atoms with E-state index in [1.165, 1.54) is 7.05 Å². The summed E-state index contributed by atoms with van der Waals surface area (Å²) in [5, 5.41) is 11.1. The van der Waals surface area contributed by atoms with Crippen molar-refractivity contribution in [1.82, 2.24) is 25.0 Å². The maximum Gasteiger partial charge on any atom is 0.269 e. The summed E-state index contributed by atoms with van der Waals surface area (Å²) in [6.07, 6.45) is 0. The molecule has 5 rings (SSSR count). The lowest BCUT2D eigenvalue weighted by atomic mass is 10.1. The number of carbonyl (C=O) groups excluding carboxylic acids is 2. The Morgan fingerprint density at radius 3 is 2.70 bits per heavy atom. The van der Waals surface area contributed by atoms with Crippen molar-refractivity contribution in [2.45, 2.75) is 26.4 Å². The SMILES string of the molecule is CNC(=O)c1ccc(N2CCN(Cc3cc4c5c(c3)c(C)nn5C(C)C(=O)N4)CC2)c(F)n1. The average Bonchev–Trinajstić information content (AvgIpc) is 3.14. The second kappa shape index (κ2) is 8.11. The van der Waals surface area contributed by atoms with Crippen LogP contribution < -0.4 is 15.5 Å². The van der Waals surface area contributed by atoms with Gasteiger partial charge in [0.05, 0.1) is 22.6 Å². The Labute approximate surface area is 190 Å². The number of nitrogens with one attached hydrogen (secondary N) is 2. The third-order valence-electron chi connectivity index (χ3n) is 6.46. The number of amides is 2. The predicted molar refractivity (Wildman–Crippen MR) is 123 cm³/mol. The molecular weight excluding hydrogens is 425 g/mol. The minimum atomic E-state index is -0.633. The monoisotopic (exact) mass is 451 g/mol. The summed E-state index contributed by atoms with van der Waals surface area (Å²) in [5.41, 5.74) is 4.26. The fourth-order valence-corrected chi connectivity index (χ4v) is 4.62. The van der Waals surface area contributed by atoms with Crippen molar-refractivity contribution in [2.24, 2.45) is 0 Å². The molecule has 1 fully saturated rings. The molecule has 172 valence electrons. The van der Waals surface area contributed by atoms with E-state index in [4.69, 9.17) is 0 Å². The van der Waals surface area contributed by atoms with Crippen molar-refractivity contribution in [2.75, 3.05) is 43.4 Å². The molecule has 0 bridgehead atoms. The third-order valence-corrected chi connectivity index (χ3v) is 6.46. The summed E-state index contributed by atoms with van der Waals surface area (Å²) in [6, 6.07) is 7.01. The number of pyridine rings is 1. The number of aryl methyl sites for hydroxylation is 1. The molecule has 2 aromatic heterocycles. The standard InChI is InChI=1S/C23H26FN7O2/c1-13-16-10-15(11-18-20(16)31(28-13)14(2)22(32)27-18)12-29-6-8-30(9-7-29)19-5-4-17(23(33)25-3)26-21(19)24/h4-5,10-11,14H,6-9,12H2,1-3H3,(H,25,33)(H,27,32). The molecule has 10 heteroatoms. The molecule has 0 radical (unpaired) electrons. The van der Waals surface area contributed by atoms with Crippen LogP contribution in [-0.4, -0.2) is 64.7 Å². The van der Waals surface area contributed by atoms with Gasteiger partial charge in [-0.05, 0) is 43.7 Å². The first-order valence-corrected chi connectivity index (χ1v) is 11.0. The Kier molecular flexibility index (Phi) is 5.24. The molecule has 3 aromatic rings. The Bertz CT molecular complexity index is 1260.